The van der Waals surface area contributed by atoms with Crippen molar-refractivity contribution >= 4 is 15.9 Å². The second kappa shape index (κ2) is 4.20. The van der Waals surface area contributed by atoms with E-state index >= 15 is 0 Å². The molecule has 1 atom stereocenters. The van der Waals surface area contributed by atoms with Crippen molar-refractivity contribution in [1.82, 2.24) is 4.90 Å². The molecule has 1 aliphatic carbocycles. The Balaban J connectivity index is 2.37. The van der Waals surface area contributed by atoms with Gasteiger partial charge in [0.15, 0.2) is 0 Å². The quantitative estimate of drug-likeness (QED) is 0.790. The fourth-order valence-corrected chi connectivity index (χ4v) is 2.73. The highest BCUT2D eigenvalue weighted by Crippen LogP contribution is 2.32. The molecule has 0 saturated carbocycles. The third-order valence-electron chi connectivity index (χ3n) is 3.52. The third kappa shape index (κ3) is 1.88. The summed E-state index contributed by atoms with van der Waals surface area (Å²) >= 11 is 3.49. The molecule has 1 aromatic rings. The van der Waals surface area contributed by atoms with E-state index in [1.807, 2.05) is 14.1 Å². The average Bonchev–Trinajstić information content (AvgIpc) is 2.28. The van der Waals surface area contributed by atoms with Crippen LogP contribution in [-0.4, -0.2) is 24.5 Å². The molecule has 0 aromatic heterocycles. The average molecular weight is 279 g/mol. The van der Waals surface area contributed by atoms with E-state index in [0.29, 0.717) is 0 Å². The van der Waals surface area contributed by atoms with Crippen molar-refractivity contribution in [2.45, 2.75) is 24.8 Å². The highest BCUT2D eigenvalue weighted by Gasteiger charge is 2.36. The van der Waals surface area contributed by atoms with E-state index in [0.717, 1.165) is 23.7 Å². The van der Waals surface area contributed by atoms with Crippen LogP contribution in [0.1, 0.15) is 17.5 Å². The summed E-state index contributed by atoms with van der Waals surface area (Å²) in [7, 11) is 3.99. The van der Waals surface area contributed by atoms with Crippen LogP contribution in [0.2, 0.25) is 0 Å². The zero-order valence-corrected chi connectivity index (χ0v) is 11.2. The van der Waals surface area contributed by atoms with Crippen LogP contribution in [0.25, 0.3) is 0 Å². The molecule has 0 amide bonds. The summed E-state index contributed by atoms with van der Waals surface area (Å²) in [6, 6.07) is 8.85. The molecule has 0 heterocycles. The molecular formula is C13H15BrN2. The number of nitrogens with zero attached hydrogens (tertiary/aromatic N) is 2. The fourth-order valence-electron chi connectivity index (χ4n) is 2.32. The topological polar surface area (TPSA) is 27.0 Å². The van der Waals surface area contributed by atoms with Crippen LogP contribution in [0.5, 0.6) is 0 Å². The summed E-state index contributed by atoms with van der Waals surface area (Å²) in [6.07, 6.45) is 2.74. The van der Waals surface area contributed by atoms with Gasteiger partial charge in [-0.3, -0.25) is 4.90 Å². The number of fused-ring (bicyclic) bond motifs is 1. The van der Waals surface area contributed by atoms with Gasteiger partial charge >= 0.3 is 0 Å². The molecule has 2 nitrogen and oxygen atoms in total. The highest BCUT2D eigenvalue weighted by atomic mass is 79.9. The van der Waals surface area contributed by atoms with Gasteiger partial charge in [0.1, 0.15) is 5.54 Å². The van der Waals surface area contributed by atoms with Gasteiger partial charge in [0, 0.05) is 10.9 Å². The van der Waals surface area contributed by atoms with Gasteiger partial charge in [-0.1, -0.05) is 22.0 Å². The fraction of sp³-hybridized carbons (Fsp3) is 0.462. The van der Waals surface area contributed by atoms with Gasteiger partial charge in [-0.15, -0.1) is 0 Å². The summed E-state index contributed by atoms with van der Waals surface area (Å²) in [4.78, 5) is 2.05. The summed E-state index contributed by atoms with van der Waals surface area (Å²) in [6.45, 7) is 0. The maximum Gasteiger partial charge on any atom is 0.113 e. The van der Waals surface area contributed by atoms with Gasteiger partial charge in [0.05, 0.1) is 6.07 Å². The lowest BCUT2D eigenvalue weighted by Gasteiger charge is -2.37. The maximum atomic E-state index is 9.39. The van der Waals surface area contributed by atoms with Gasteiger partial charge < -0.3 is 0 Å². The number of hydrogen-bond donors (Lipinski definition) is 0. The summed E-state index contributed by atoms with van der Waals surface area (Å²) in [5.74, 6) is 0. The maximum absolute atomic E-state index is 9.39. The van der Waals surface area contributed by atoms with Gasteiger partial charge in [0.2, 0.25) is 0 Å². The van der Waals surface area contributed by atoms with E-state index in [9.17, 15) is 5.26 Å². The van der Waals surface area contributed by atoms with E-state index < -0.39 is 0 Å². The Morgan fingerprint density at radius 3 is 2.75 bits per heavy atom. The minimum atomic E-state index is -0.319. The van der Waals surface area contributed by atoms with Gasteiger partial charge in [0.25, 0.3) is 0 Å². The Kier molecular flexibility index (Phi) is 3.05. The lowest BCUT2D eigenvalue weighted by Crippen LogP contribution is -2.47. The highest BCUT2D eigenvalue weighted by molar-refractivity contribution is 9.10. The lowest BCUT2D eigenvalue weighted by molar-refractivity contribution is 0.193. The molecule has 3 heteroatoms. The monoisotopic (exact) mass is 278 g/mol. The van der Waals surface area contributed by atoms with Gasteiger partial charge in [-0.05, 0) is 50.2 Å². The minimum Gasteiger partial charge on any atom is -0.291 e. The molecule has 0 radical (unpaired) electrons. The SMILES string of the molecule is CN(C)C1(C#N)CCc2cc(Br)ccc2C1. The summed E-state index contributed by atoms with van der Waals surface area (Å²) in [5.41, 5.74) is 2.37. The van der Waals surface area contributed by atoms with E-state index in [2.05, 4.69) is 45.1 Å². The molecule has 0 bridgehead atoms. The van der Waals surface area contributed by atoms with Gasteiger partial charge in [-0.25, -0.2) is 0 Å². The molecule has 2 rings (SSSR count). The van der Waals surface area contributed by atoms with Crippen LogP contribution >= 0.6 is 15.9 Å². The number of halogens is 1. The molecule has 1 aliphatic rings. The minimum absolute atomic E-state index is 0.319. The van der Waals surface area contributed by atoms with Crippen LogP contribution in [0, 0.1) is 11.3 Å². The van der Waals surface area contributed by atoms with E-state index in [-0.39, 0.29) is 5.54 Å². The molecule has 0 spiro atoms. The Morgan fingerprint density at radius 1 is 1.38 bits per heavy atom. The molecule has 0 fully saturated rings. The molecular weight excluding hydrogens is 264 g/mol. The first-order valence-electron chi connectivity index (χ1n) is 5.43. The predicted molar refractivity (Wildman–Crippen MR) is 68.2 cm³/mol. The second-order valence-corrected chi connectivity index (χ2v) is 5.54. The van der Waals surface area contributed by atoms with Crippen molar-refractivity contribution in [2.75, 3.05) is 14.1 Å². The molecule has 1 unspecified atom stereocenters. The van der Waals surface area contributed by atoms with Crippen LogP contribution in [0.3, 0.4) is 0 Å². The Labute approximate surface area is 105 Å². The van der Waals surface area contributed by atoms with Crippen LogP contribution in [-0.2, 0) is 12.8 Å². The van der Waals surface area contributed by atoms with E-state index in [4.69, 9.17) is 0 Å². The normalized spacial score (nSPS) is 23.9. The van der Waals surface area contributed by atoms with Crippen molar-refractivity contribution in [1.29, 1.82) is 5.26 Å². The van der Waals surface area contributed by atoms with Crippen molar-refractivity contribution in [3.8, 4) is 6.07 Å². The molecule has 16 heavy (non-hydrogen) atoms. The van der Waals surface area contributed by atoms with Crippen molar-refractivity contribution in [2.24, 2.45) is 0 Å². The standard InChI is InChI=1S/C13H15BrN2/c1-16(2)13(9-15)6-5-10-7-12(14)4-3-11(10)8-13/h3-4,7H,5-6,8H2,1-2H3. The zero-order valence-electron chi connectivity index (χ0n) is 9.63. The van der Waals surface area contributed by atoms with Crippen LogP contribution in [0.4, 0.5) is 0 Å². The molecule has 0 aliphatic heterocycles. The Morgan fingerprint density at radius 2 is 2.12 bits per heavy atom. The first-order chi connectivity index (χ1) is 7.57. The first-order valence-corrected chi connectivity index (χ1v) is 6.23. The Bertz CT molecular complexity index is 448. The van der Waals surface area contributed by atoms with Crippen LogP contribution < -0.4 is 0 Å². The number of rotatable bonds is 1. The number of benzene rings is 1. The summed E-state index contributed by atoms with van der Waals surface area (Å²) in [5, 5.41) is 9.39. The summed E-state index contributed by atoms with van der Waals surface area (Å²) < 4.78 is 1.13. The largest absolute Gasteiger partial charge is 0.291 e. The molecule has 84 valence electrons. The van der Waals surface area contributed by atoms with Gasteiger partial charge in [-0.2, -0.15) is 5.26 Å². The second-order valence-electron chi connectivity index (χ2n) is 4.63. The number of hydrogen-bond acceptors (Lipinski definition) is 2. The molecule has 1 aromatic carbocycles. The first kappa shape index (κ1) is 11.6. The van der Waals surface area contributed by atoms with Crippen LogP contribution in [0.15, 0.2) is 22.7 Å². The smallest absolute Gasteiger partial charge is 0.113 e. The zero-order chi connectivity index (χ0) is 11.8. The number of nitriles is 1. The third-order valence-corrected chi connectivity index (χ3v) is 4.02. The van der Waals surface area contributed by atoms with Crippen molar-refractivity contribution in [3.63, 3.8) is 0 Å². The molecule has 0 saturated heterocycles. The lowest BCUT2D eigenvalue weighted by atomic mass is 9.78. The number of aryl methyl sites for hydroxylation is 1. The number of likely N-dealkylation sites (N-methyl/N-ethyl adjacent to an activating group) is 1. The van der Waals surface area contributed by atoms with Crippen molar-refractivity contribution < 1.29 is 0 Å². The predicted octanol–water partition coefficient (Wildman–Crippen LogP) is 2.76. The van der Waals surface area contributed by atoms with Crippen molar-refractivity contribution in [3.05, 3.63) is 33.8 Å². The Hall–Kier alpha value is -0.850. The van der Waals surface area contributed by atoms with E-state index in [1.54, 1.807) is 0 Å². The van der Waals surface area contributed by atoms with E-state index in [1.165, 1.54) is 11.1 Å². The molecule has 0 N–H and O–H groups in total.